The summed E-state index contributed by atoms with van der Waals surface area (Å²) in [6, 6.07) is 1.87. The van der Waals surface area contributed by atoms with Crippen LogP contribution in [-0.2, 0) is 33.4 Å². The number of hydrogen-bond donors (Lipinski definition) is 5. The van der Waals surface area contributed by atoms with E-state index in [1.807, 2.05) is 0 Å². The van der Waals surface area contributed by atoms with Crippen molar-refractivity contribution in [2.45, 2.75) is 154 Å². The van der Waals surface area contributed by atoms with Crippen molar-refractivity contribution in [1.29, 1.82) is 0 Å². The lowest BCUT2D eigenvalue weighted by Gasteiger charge is -2.23. The quantitative estimate of drug-likeness (QED) is 0.0296. The number of allylic oxidation sites excluding steroid dienone is 1. The van der Waals surface area contributed by atoms with E-state index in [4.69, 9.17) is 9.47 Å². The Kier molecular flexibility index (Phi) is 20.4. The number of hydrogen-bond acceptors (Lipinski definition) is 11. The maximum Gasteiger partial charge on any atom is 0.328 e. The van der Waals surface area contributed by atoms with Crippen molar-refractivity contribution in [2.75, 3.05) is 19.7 Å². The van der Waals surface area contributed by atoms with E-state index < -0.39 is 53.8 Å². The molecule has 4 amide bonds. The largest absolute Gasteiger partial charge is 0.507 e. The van der Waals surface area contributed by atoms with Crippen LogP contribution in [0.5, 0.6) is 5.75 Å². The molecule has 3 rings (SSSR count). The van der Waals surface area contributed by atoms with Crippen LogP contribution in [0.2, 0.25) is 0 Å². The van der Waals surface area contributed by atoms with E-state index in [2.05, 4.69) is 22.5 Å². The molecular weight excluding hydrogens is 722 g/mol. The third-order valence-electron chi connectivity index (χ3n) is 9.91. The van der Waals surface area contributed by atoms with Gasteiger partial charge in [-0.2, -0.15) is 0 Å². The van der Waals surface area contributed by atoms with Gasteiger partial charge in [-0.05, 0) is 76.8 Å². The van der Waals surface area contributed by atoms with Crippen molar-refractivity contribution in [1.82, 2.24) is 20.8 Å². The molecule has 3 unspecified atom stereocenters. The summed E-state index contributed by atoms with van der Waals surface area (Å²) in [4.78, 5) is 68.7. The number of phenolic OH excluding ortho intramolecular Hbond substituents is 1. The molecule has 15 nitrogen and oxygen atoms in total. The predicted molar refractivity (Wildman–Crippen MR) is 209 cm³/mol. The van der Waals surface area contributed by atoms with Gasteiger partial charge in [0.05, 0.1) is 12.0 Å². The fourth-order valence-electron chi connectivity index (χ4n) is 6.65. The number of nitrogens with zero attached hydrogens (tertiary/aromatic N) is 3. The molecule has 0 aromatic heterocycles. The minimum atomic E-state index is -1.16. The molecule has 4 atom stereocenters. The Bertz CT molecular complexity index is 1480. The van der Waals surface area contributed by atoms with Crippen LogP contribution in [0.15, 0.2) is 35.3 Å². The number of esters is 1. The van der Waals surface area contributed by atoms with Crippen LogP contribution < -0.4 is 10.6 Å². The van der Waals surface area contributed by atoms with Crippen molar-refractivity contribution in [3.8, 4) is 5.75 Å². The third kappa shape index (κ3) is 15.9. The summed E-state index contributed by atoms with van der Waals surface area (Å²) >= 11 is 0. The molecule has 0 aliphatic carbocycles. The Labute approximate surface area is 330 Å². The molecule has 1 aromatic rings. The highest BCUT2D eigenvalue weighted by molar-refractivity contribution is 6.01. The van der Waals surface area contributed by atoms with Gasteiger partial charge in [0.25, 0.3) is 11.8 Å². The molecule has 56 heavy (non-hydrogen) atoms. The fraction of sp³-hybridized carbons (Fsp3) is 0.659. The van der Waals surface area contributed by atoms with Crippen LogP contribution in [0, 0.1) is 6.92 Å². The summed E-state index contributed by atoms with van der Waals surface area (Å²) in [5, 5.41) is 37.0. The van der Waals surface area contributed by atoms with E-state index in [-0.39, 0.29) is 44.2 Å². The van der Waals surface area contributed by atoms with Gasteiger partial charge in [-0.1, -0.05) is 76.5 Å². The van der Waals surface area contributed by atoms with Gasteiger partial charge in [0.15, 0.2) is 6.04 Å². The number of benzene rings is 1. The van der Waals surface area contributed by atoms with Crippen molar-refractivity contribution < 1.29 is 49.0 Å². The maximum atomic E-state index is 13.4. The second-order valence-electron chi connectivity index (χ2n) is 14.8. The average Bonchev–Trinajstić information content (AvgIpc) is 3.59. The van der Waals surface area contributed by atoms with E-state index in [1.165, 1.54) is 64.0 Å². The molecule has 0 radical (unpaired) electrons. The number of aromatic hydroxyl groups is 1. The lowest BCUT2D eigenvalue weighted by atomic mass is 10.1. The van der Waals surface area contributed by atoms with Gasteiger partial charge < -0.3 is 25.2 Å². The van der Waals surface area contributed by atoms with Gasteiger partial charge in [0.1, 0.15) is 30.5 Å². The second kappa shape index (κ2) is 24.9. The minimum absolute atomic E-state index is 0.00266. The van der Waals surface area contributed by atoms with Crippen LogP contribution in [0.1, 0.15) is 134 Å². The van der Waals surface area contributed by atoms with E-state index in [9.17, 15) is 39.5 Å². The van der Waals surface area contributed by atoms with Gasteiger partial charge >= 0.3 is 5.97 Å². The summed E-state index contributed by atoms with van der Waals surface area (Å²) in [5.41, 5.74) is 1.07. The van der Waals surface area contributed by atoms with Gasteiger partial charge in [0, 0.05) is 19.2 Å². The molecule has 5 N–H and O–H groups in total. The van der Waals surface area contributed by atoms with Gasteiger partial charge in [-0.15, -0.1) is 0 Å². The molecule has 2 heterocycles. The number of aliphatic imine (C=N–C) groups is 1. The Morgan fingerprint density at radius 3 is 2.48 bits per heavy atom. The van der Waals surface area contributed by atoms with Crippen LogP contribution in [0.4, 0.5) is 0 Å². The zero-order valence-corrected chi connectivity index (χ0v) is 33.4. The lowest BCUT2D eigenvalue weighted by molar-refractivity contribution is -0.167. The molecular formula is C41H63N5O10. The molecule has 1 aromatic carbocycles. The lowest BCUT2D eigenvalue weighted by Crippen LogP contribution is -2.48. The Balaban J connectivity index is 1.52. The molecule has 0 saturated carbocycles. The molecule has 1 fully saturated rings. The topological polar surface area (TPSA) is 207 Å². The van der Waals surface area contributed by atoms with Gasteiger partial charge in [0.2, 0.25) is 17.7 Å². The number of hydroxylamine groups is 4. The first-order valence-corrected chi connectivity index (χ1v) is 20.4. The molecule has 15 heteroatoms. The molecule has 0 bridgehead atoms. The van der Waals surface area contributed by atoms with Gasteiger partial charge in [-0.3, -0.25) is 29.6 Å². The number of rotatable bonds is 24. The van der Waals surface area contributed by atoms with E-state index in [1.54, 1.807) is 25.1 Å². The first-order valence-electron chi connectivity index (χ1n) is 20.4. The predicted octanol–water partition coefficient (Wildman–Crippen LogP) is 5.40. The van der Waals surface area contributed by atoms with Crippen LogP contribution in [-0.4, -0.2) is 105 Å². The summed E-state index contributed by atoms with van der Waals surface area (Å²) in [6.07, 6.45) is 15.9. The highest BCUT2D eigenvalue weighted by Crippen LogP contribution is 2.25. The third-order valence-corrected chi connectivity index (χ3v) is 9.91. The van der Waals surface area contributed by atoms with Gasteiger partial charge in [-0.25, -0.2) is 19.9 Å². The maximum absolute atomic E-state index is 13.4. The molecule has 1 saturated heterocycles. The number of aryl methyl sites for hydroxylation is 1. The fourth-order valence-corrected chi connectivity index (χ4v) is 6.65. The van der Waals surface area contributed by atoms with E-state index in [0.29, 0.717) is 53.4 Å². The zero-order chi connectivity index (χ0) is 40.9. The smallest absolute Gasteiger partial charge is 0.328 e. The monoisotopic (exact) mass is 785 g/mol. The van der Waals surface area contributed by atoms with Crippen molar-refractivity contribution in [3.63, 3.8) is 0 Å². The Morgan fingerprint density at radius 1 is 1.05 bits per heavy atom. The van der Waals surface area contributed by atoms with E-state index >= 15 is 0 Å². The first kappa shape index (κ1) is 45.9. The number of nitrogens with one attached hydrogen (secondary N) is 2. The van der Waals surface area contributed by atoms with E-state index in [0.717, 1.165) is 19.3 Å². The van der Waals surface area contributed by atoms with Crippen LogP contribution >= 0.6 is 0 Å². The van der Waals surface area contributed by atoms with Crippen molar-refractivity contribution >= 4 is 35.5 Å². The number of ether oxygens (including phenoxy) is 2. The van der Waals surface area contributed by atoms with Crippen LogP contribution in [0.3, 0.4) is 0 Å². The second-order valence-corrected chi connectivity index (χ2v) is 14.8. The molecule has 312 valence electrons. The highest BCUT2D eigenvalue weighted by atomic mass is 16.5. The first-order chi connectivity index (χ1) is 26.9. The highest BCUT2D eigenvalue weighted by Gasteiger charge is 2.33. The summed E-state index contributed by atoms with van der Waals surface area (Å²) in [7, 11) is 0. The summed E-state index contributed by atoms with van der Waals surface area (Å²) in [6.45, 7) is 5.56. The SMILES string of the molecule is CCCCCCCCCCC/C=C\C(=O)N(O)CCCC[C@H](NC(=O)C1COC(c2c(C)cccc2O)=N1)C(=O)OC(C)CC(=O)NC1CCCCN(O)C1=O. The molecule has 2 aliphatic heterocycles. The van der Waals surface area contributed by atoms with Crippen molar-refractivity contribution in [3.05, 3.63) is 41.5 Å². The Morgan fingerprint density at radius 2 is 1.77 bits per heavy atom. The summed E-state index contributed by atoms with van der Waals surface area (Å²) in [5.74, 6) is -3.05. The Hall–Kier alpha value is -4.50. The molecule has 0 spiro atoms. The summed E-state index contributed by atoms with van der Waals surface area (Å²) < 4.78 is 11.2. The molecule has 2 aliphatic rings. The standard InChI is InChI=1S/C41H63N5O10/c1-4-5-6-7-8-9-10-11-12-13-14-24-36(49)45(53)25-17-16-22-32(43-38(50)33-28-55-39(44-33)37-29(2)20-19-23-34(37)47)41(52)56-30(3)27-35(48)42-31-21-15-18-26-46(54)40(31)51/h14,19-20,23-24,30-33,47,53-54H,4-13,15-18,21-22,25-28H2,1-3H3,(H,42,48)(H,43,50)/b24-14-/t30?,31?,32-,33?/m0/s1. The van der Waals surface area contributed by atoms with Crippen LogP contribution in [0.25, 0.3) is 0 Å². The zero-order valence-electron chi connectivity index (χ0n) is 33.4. The minimum Gasteiger partial charge on any atom is -0.507 e. The number of amides is 4. The number of carbonyl (C=O) groups excluding carboxylic acids is 5. The average molecular weight is 786 g/mol. The normalized spacial score (nSPS) is 18.1. The number of unbranched alkanes of at least 4 members (excludes halogenated alkanes) is 10. The van der Waals surface area contributed by atoms with Crippen molar-refractivity contribution in [2.24, 2.45) is 4.99 Å². The number of carbonyl (C=O) groups is 5. The number of phenols is 1.